The topological polar surface area (TPSA) is 53.2 Å². The van der Waals surface area contributed by atoms with Gasteiger partial charge in [0, 0.05) is 29.6 Å². The Morgan fingerprint density at radius 1 is 1.03 bits per heavy atom. The Balaban J connectivity index is 1.35. The predicted molar refractivity (Wildman–Crippen MR) is 138 cm³/mol. The van der Waals surface area contributed by atoms with Crippen molar-refractivity contribution >= 4 is 34.6 Å². The Kier molecular flexibility index (Phi) is 5.98. The van der Waals surface area contributed by atoms with Gasteiger partial charge in [-0.05, 0) is 75.1 Å². The van der Waals surface area contributed by atoms with E-state index in [4.69, 9.17) is 28.3 Å². The number of aryl methyl sites for hydroxylation is 1. The van der Waals surface area contributed by atoms with E-state index in [2.05, 4.69) is 15.9 Å². The highest BCUT2D eigenvalue weighted by Crippen LogP contribution is 2.45. The number of hydrogen-bond donors (Lipinski definition) is 0. The first-order chi connectivity index (χ1) is 17.1. The SMILES string of the molecule is [C-]#[N+]c1ccc(N2N=C3c4ccc(C(=O)N5CCCCC5)nc4CCC3C2C2CCCC2)cc1Cl. The lowest BCUT2D eigenvalue weighted by molar-refractivity contribution is 0.0718. The highest BCUT2D eigenvalue weighted by atomic mass is 35.5. The lowest BCUT2D eigenvalue weighted by Crippen LogP contribution is -2.41. The van der Waals surface area contributed by atoms with E-state index in [0.717, 1.165) is 61.4 Å². The Hall–Kier alpha value is -2.91. The molecule has 2 aliphatic carbocycles. The number of fused-ring (bicyclic) bond motifs is 3. The van der Waals surface area contributed by atoms with E-state index in [-0.39, 0.29) is 5.91 Å². The van der Waals surface area contributed by atoms with Crippen LogP contribution in [0, 0.1) is 18.4 Å². The van der Waals surface area contributed by atoms with Gasteiger partial charge in [-0.15, -0.1) is 0 Å². The van der Waals surface area contributed by atoms with Crippen molar-refractivity contribution in [2.45, 2.75) is 63.8 Å². The van der Waals surface area contributed by atoms with Gasteiger partial charge in [0.1, 0.15) is 5.69 Å². The zero-order valence-electron chi connectivity index (χ0n) is 19.9. The number of carbonyl (C=O) groups is 1. The van der Waals surface area contributed by atoms with Crippen LogP contribution in [0.4, 0.5) is 11.4 Å². The molecular formula is C28H30ClN5O. The van der Waals surface area contributed by atoms with E-state index < -0.39 is 0 Å². The van der Waals surface area contributed by atoms with Gasteiger partial charge in [-0.2, -0.15) is 5.10 Å². The van der Waals surface area contributed by atoms with Crippen molar-refractivity contribution in [3.63, 3.8) is 0 Å². The predicted octanol–water partition coefficient (Wildman–Crippen LogP) is 6.26. The van der Waals surface area contributed by atoms with Crippen molar-refractivity contribution in [3.05, 3.63) is 63.7 Å². The molecule has 180 valence electrons. The number of rotatable bonds is 3. The minimum absolute atomic E-state index is 0.0583. The highest BCUT2D eigenvalue weighted by molar-refractivity contribution is 6.33. The second kappa shape index (κ2) is 9.28. The van der Waals surface area contributed by atoms with Crippen LogP contribution in [0.15, 0.2) is 35.4 Å². The van der Waals surface area contributed by atoms with Crippen LogP contribution < -0.4 is 5.01 Å². The molecule has 2 fully saturated rings. The standard InChI is InChI=1S/C28H30ClN5O/c1-30-24-12-9-19(17-22(24)29)34-27(18-7-3-4-8-18)21-11-13-23-20(26(21)32-34)10-14-25(31-23)28(35)33-15-5-2-6-16-33/h9-10,12,14,17-18,21,27H,2-8,11,13,15-16H2. The minimum atomic E-state index is 0.0583. The first-order valence-electron chi connectivity index (χ1n) is 13.0. The lowest BCUT2D eigenvalue weighted by atomic mass is 9.76. The summed E-state index contributed by atoms with van der Waals surface area (Å²) in [6.45, 7) is 9.00. The molecule has 1 aromatic carbocycles. The normalized spacial score (nSPS) is 24.1. The molecule has 35 heavy (non-hydrogen) atoms. The second-order valence-corrected chi connectivity index (χ2v) is 10.7. The van der Waals surface area contributed by atoms with Crippen molar-refractivity contribution in [2.24, 2.45) is 16.9 Å². The monoisotopic (exact) mass is 487 g/mol. The number of aromatic nitrogens is 1. The number of anilines is 1. The molecule has 3 heterocycles. The summed E-state index contributed by atoms with van der Waals surface area (Å²) in [5.41, 5.74) is 5.17. The summed E-state index contributed by atoms with van der Waals surface area (Å²) in [6, 6.07) is 9.93. The quantitative estimate of drug-likeness (QED) is 0.480. The zero-order valence-corrected chi connectivity index (χ0v) is 20.7. The molecule has 0 bridgehead atoms. The molecule has 0 N–H and O–H groups in total. The number of carbonyl (C=O) groups excluding carboxylic acids is 1. The number of amides is 1. The van der Waals surface area contributed by atoms with E-state index in [9.17, 15) is 4.79 Å². The third-order valence-corrected chi connectivity index (χ3v) is 8.57. The molecule has 1 saturated carbocycles. The second-order valence-electron chi connectivity index (χ2n) is 10.3. The Morgan fingerprint density at radius 2 is 1.83 bits per heavy atom. The smallest absolute Gasteiger partial charge is 0.272 e. The summed E-state index contributed by atoms with van der Waals surface area (Å²) >= 11 is 6.43. The summed E-state index contributed by atoms with van der Waals surface area (Å²) in [6.07, 6.45) is 10.2. The van der Waals surface area contributed by atoms with Crippen LogP contribution in [0.1, 0.15) is 73.1 Å². The molecule has 1 saturated heterocycles. The fourth-order valence-corrected chi connectivity index (χ4v) is 6.75. The van der Waals surface area contributed by atoms with Crippen molar-refractivity contribution in [1.82, 2.24) is 9.88 Å². The van der Waals surface area contributed by atoms with Crippen LogP contribution >= 0.6 is 11.6 Å². The molecule has 0 radical (unpaired) electrons. The summed E-state index contributed by atoms with van der Waals surface area (Å²) in [5, 5.41) is 7.84. The number of hydrazone groups is 1. The molecular weight excluding hydrogens is 458 g/mol. The molecule has 4 aliphatic rings. The van der Waals surface area contributed by atoms with Crippen LogP contribution in [0.25, 0.3) is 4.85 Å². The van der Waals surface area contributed by atoms with Gasteiger partial charge in [-0.3, -0.25) is 9.80 Å². The third kappa shape index (κ3) is 4.00. The molecule has 6 rings (SSSR count). The van der Waals surface area contributed by atoms with E-state index in [1.165, 1.54) is 32.1 Å². The molecule has 2 unspecified atom stereocenters. The number of benzene rings is 1. The molecule has 7 heteroatoms. The van der Waals surface area contributed by atoms with Gasteiger partial charge in [-0.1, -0.05) is 30.5 Å². The van der Waals surface area contributed by atoms with Crippen LogP contribution in [0.2, 0.25) is 5.02 Å². The van der Waals surface area contributed by atoms with E-state index in [0.29, 0.717) is 34.3 Å². The fourth-order valence-electron chi connectivity index (χ4n) is 6.53. The van der Waals surface area contributed by atoms with Crippen molar-refractivity contribution in [3.8, 4) is 0 Å². The van der Waals surface area contributed by atoms with Gasteiger partial charge in [0.15, 0.2) is 0 Å². The average Bonchev–Trinajstić information content (AvgIpc) is 3.56. The average molecular weight is 488 g/mol. The van der Waals surface area contributed by atoms with Crippen LogP contribution in [-0.2, 0) is 6.42 Å². The summed E-state index contributed by atoms with van der Waals surface area (Å²) in [4.78, 5) is 23.4. The fraction of sp³-hybridized carbons (Fsp3) is 0.500. The maximum atomic E-state index is 13.1. The van der Waals surface area contributed by atoms with Crippen molar-refractivity contribution < 1.29 is 4.79 Å². The zero-order chi connectivity index (χ0) is 23.9. The third-order valence-electron chi connectivity index (χ3n) is 8.27. The van der Waals surface area contributed by atoms with Gasteiger partial charge in [-0.25, -0.2) is 9.83 Å². The molecule has 6 nitrogen and oxygen atoms in total. The van der Waals surface area contributed by atoms with Crippen LogP contribution in [0.3, 0.4) is 0 Å². The van der Waals surface area contributed by atoms with Crippen molar-refractivity contribution in [1.29, 1.82) is 0 Å². The molecule has 2 aliphatic heterocycles. The Bertz CT molecular complexity index is 1220. The highest BCUT2D eigenvalue weighted by Gasteiger charge is 2.46. The largest absolute Gasteiger partial charge is 0.337 e. The number of piperidine rings is 1. The number of hydrogen-bond acceptors (Lipinski definition) is 4. The summed E-state index contributed by atoms with van der Waals surface area (Å²) in [7, 11) is 0. The Morgan fingerprint density at radius 3 is 2.57 bits per heavy atom. The van der Waals surface area contributed by atoms with Crippen LogP contribution in [-0.4, -0.2) is 40.6 Å². The van der Waals surface area contributed by atoms with Crippen LogP contribution in [0.5, 0.6) is 0 Å². The van der Waals surface area contributed by atoms with E-state index in [1.54, 1.807) is 6.07 Å². The number of pyridine rings is 1. The molecule has 1 amide bonds. The minimum Gasteiger partial charge on any atom is -0.337 e. The van der Waals surface area contributed by atoms with E-state index >= 15 is 0 Å². The summed E-state index contributed by atoms with van der Waals surface area (Å²) in [5.74, 6) is 0.994. The molecule has 1 aromatic heterocycles. The van der Waals surface area contributed by atoms with Crippen molar-refractivity contribution in [2.75, 3.05) is 18.1 Å². The number of nitrogens with zero attached hydrogens (tertiary/aromatic N) is 5. The van der Waals surface area contributed by atoms with E-state index in [1.807, 2.05) is 23.1 Å². The summed E-state index contributed by atoms with van der Waals surface area (Å²) < 4.78 is 0. The first kappa shape index (κ1) is 22.5. The van der Waals surface area contributed by atoms with Gasteiger partial charge >= 0.3 is 0 Å². The molecule has 2 atom stereocenters. The van der Waals surface area contributed by atoms with Gasteiger partial charge in [0.05, 0.1) is 29.7 Å². The van der Waals surface area contributed by atoms with Gasteiger partial charge in [0.2, 0.25) is 5.69 Å². The van der Waals surface area contributed by atoms with Gasteiger partial charge < -0.3 is 4.90 Å². The number of halogens is 1. The van der Waals surface area contributed by atoms with Gasteiger partial charge in [0.25, 0.3) is 5.91 Å². The molecule has 0 spiro atoms. The molecule has 2 aromatic rings. The Labute approximate surface area is 211 Å². The lowest BCUT2D eigenvalue weighted by Gasteiger charge is -2.34. The first-order valence-corrected chi connectivity index (χ1v) is 13.4. The number of likely N-dealkylation sites (tertiary alicyclic amines) is 1. The maximum absolute atomic E-state index is 13.1. The maximum Gasteiger partial charge on any atom is 0.272 e.